The van der Waals surface area contributed by atoms with Gasteiger partial charge < -0.3 is 5.32 Å². The van der Waals surface area contributed by atoms with E-state index in [1.54, 1.807) is 44.3 Å². The molecular weight excluding hydrogens is 347 g/mol. The first-order valence-corrected chi connectivity index (χ1v) is 8.07. The van der Waals surface area contributed by atoms with Crippen molar-refractivity contribution in [1.29, 1.82) is 0 Å². The summed E-state index contributed by atoms with van der Waals surface area (Å²) in [6, 6.07) is 8.23. The molecule has 1 amide bonds. The molecule has 25 heavy (non-hydrogen) atoms. The normalized spacial score (nSPS) is 13.6. The van der Waals surface area contributed by atoms with Crippen LogP contribution in [0.15, 0.2) is 47.4 Å². The van der Waals surface area contributed by atoms with Gasteiger partial charge in [0.15, 0.2) is 5.65 Å². The van der Waals surface area contributed by atoms with Crippen molar-refractivity contribution < 1.29 is 9.18 Å². The highest BCUT2D eigenvalue weighted by atomic mass is 35.5. The van der Waals surface area contributed by atoms with Crippen LogP contribution in [0.4, 0.5) is 4.39 Å². The lowest BCUT2D eigenvalue weighted by Crippen LogP contribution is -2.37. The number of nitrogens with zero attached hydrogens (tertiary/aromatic N) is 3. The molecule has 0 saturated carbocycles. The molecule has 0 aliphatic carbocycles. The molecule has 130 valence electrons. The van der Waals surface area contributed by atoms with Crippen LogP contribution >= 0.6 is 11.6 Å². The van der Waals surface area contributed by atoms with Gasteiger partial charge in [-0.05, 0) is 43.7 Å². The SMILES string of the molecule is C[C@H](NC(=O)[C@H](C)n1nc2ccccn2c1=O)c1ccc(Cl)c(F)c1. The lowest BCUT2D eigenvalue weighted by atomic mass is 10.1. The predicted molar refractivity (Wildman–Crippen MR) is 92.1 cm³/mol. The van der Waals surface area contributed by atoms with Gasteiger partial charge in [0.1, 0.15) is 11.9 Å². The van der Waals surface area contributed by atoms with Crippen molar-refractivity contribution in [3.63, 3.8) is 0 Å². The molecule has 6 nitrogen and oxygen atoms in total. The Morgan fingerprint density at radius 2 is 2.04 bits per heavy atom. The van der Waals surface area contributed by atoms with Crippen molar-refractivity contribution in [3.05, 3.63) is 69.5 Å². The maximum atomic E-state index is 13.6. The number of carbonyl (C=O) groups excluding carboxylic acids is 1. The van der Waals surface area contributed by atoms with Crippen molar-refractivity contribution >= 4 is 23.2 Å². The monoisotopic (exact) mass is 362 g/mol. The molecule has 2 aromatic heterocycles. The third-order valence-corrected chi connectivity index (χ3v) is 4.31. The van der Waals surface area contributed by atoms with Crippen LogP contribution in [0.1, 0.15) is 31.5 Å². The van der Waals surface area contributed by atoms with Crippen LogP contribution in [0.2, 0.25) is 5.02 Å². The average molecular weight is 363 g/mol. The molecule has 0 aliphatic heterocycles. The summed E-state index contributed by atoms with van der Waals surface area (Å²) >= 11 is 5.67. The summed E-state index contributed by atoms with van der Waals surface area (Å²) in [6.07, 6.45) is 1.59. The van der Waals surface area contributed by atoms with E-state index in [-0.39, 0.29) is 5.02 Å². The van der Waals surface area contributed by atoms with Crippen LogP contribution in [0, 0.1) is 5.82 Å². The van der Waals surface area contributed by atoms with Crippen LogP contribution < -0.4 is 11.0 Å². The first-order chi connectivity index (χ1) is 11.9. The van der Waals surface area contributed by atoms with Crippen LogP contribution in [0.5, 0.6) is 0 Å². The van der Waals surface area contributed by atoms with Crippen molar-refractivity contribution in [2.24, 2.45) is 0 Å². The fourth-order valence-electron chi connectivity index (χ4n) is 2.50. The van der Waals surface area contributed by atoms with Gasteiger partial charge in [0.25, 0.3) is 0 Å². The second kappa shape index (κ2) is 6.68. The summed E-state index contributed by atoms with van der Waals surface area (Å²) in [4.78, 5) is 24.8. The van der Waals surface area contributed by atoms with Gasteiger partial charge in [-0.1, -0.05) is 23.7 Å². The fourth-order valence-corrected chi connectivity index (χ4v) is 2.62. The Hall–Kier alpha value is -2.67. The summed E-state index contributed by atoms with van der Waals surface area (Å²) in [6.45, 7) is 3.30. The van der Waals surface area contributed by atoms with E-state index in [1.165, 1.54) is 16.5 Å². The van der Waals surface area contributed by atoms with Crippen LogP contribution in [-0.2, 0) is 4.79 Å². The molecule has 0 saturated heterocycles. The minimum absolute atomic E-state index is 0.0203. The quantitative estimate of drug-likeness (QED) is 0.776. The predicted octanol–water partition coefficient (Wildman–Crippen LogP) is 2.73. The molecule has 0 spiro atoms. The van der Waals surface area contributed by atoms with Crippen molar-refractivity contribution in [1.82, 2.24) is 19.5 Å². The Morgan fingerprint density at radius 3 is 2.72 bits per heavy atom. The second-order valence-electron chi connectivity index (χ2n) is 5.74. The standard InChI is InChI=1S/C17H16ClFN4O2/c1-10(12-6-7-13(18)14(19)9-12)20-16(24)11(2)23-17(25)22-8-4-3-5-15(22)21-23/h3-11H,1-2H3,(H,20,24)/t10-,11-/m0/s1. The average Bonchev–Trinajstić information content (AvgIpc) is 2.93. The number of aromatic nitrogens is 3. The smallest absolute Gasteiger partial charge is 0.348 e. The van der Waals surface area contributed by atoms with Gasteiger partial charge in [-0.25, -0.2) is 13.9 Å². The summed E-state index contributed by atoms with van der Waals surface area (Å²) in [5, 5.41) is 6.94. The Kier molecular flexibility index (Phi) is 4.59. The number of rotatable bonds is 4. The zero-order valence-electron chi connectivity index (χ0n) is 13.6. The number of pyridine rings is 1. The summed E-state index contributed by atoms with van der Waals surface area (Å²) < 4.78 is 16.1. The number of halogens is 2. The van der Waals surface area contributed by atoms with Crippen molar-refractivity contribution in [2.75, 3.05) is 0 Å². The lowest BCUT2D eigenvalue weighted by molar-refractivity contribution is -0.124. The van der Waals surface area contributed by atoms with E-state index in [4.69, 9.17) is 11.6 Å². The van der Waals surface area contributed by atoms with Crippen molar-refractivity contribution in [3.8, 4) is 0 Å². The molecule has 0 fully saturated rings. The molecule has 2 heterocycles. The van der Waals surface area contributed by atoms with Gasteiger partial charge in [-0.3, -0.25) is 9.20 Å². The lowest BCUT2D eigenvalue weighted by Gasteiger charge is -2.17. The molecule has 0 bridgehead atoms. The van der Waals surface area contributed by atoms with Gasteiger partial charge >= 0.3 is 5.69 Å². The van der Waals surface area contributed by atoms with E-state index in [2.05, 4.69) is 10.4 Å². The number of nitrogens with one attached hydrogen (secondary N) is 1. The minimum Gasteiger partial charge on any atom is -0.348 e. The van der Waals surface area contributed by atoms with Gasteiger partial charge in [0.2, 0.25) is 5.91 Å². The zero-order valence-corrected chi connectivity index (χ0v) is 14.4. The van der Waals surface area contributed by atoms with E-state index < -0.39 is 29.5 Å². The molecule has 3 aromatic rings. The minimum atomic E-state index is -0.813. The number of fused-ring (bicyclic) bond motifs is 1. The van der Waals surface area contributed by atoms with Crippen LogP contribution in [0.3, 0.4) is 0 Å². The van der Waals surface area contributed by atoms with Gasteiger partial charge in [0, 0.05) is 6.20 Å². The molecule has 3 rings (SSSR count). The molecule has 1 aromatic carbocycles. The number of carbonyl (C=O) groups is 1. The summed E-state index contributed by atoms with van der Waals surface area (Å²) in [7, 11) is 0. The first-order valence-electron chi connectivity index (χ1n) is 7.69. The van der Waals surface area contributed by atoms with E-state index in [1.807, 2.05) is 0 Å². The Labute approximate surface area is 147 Å². The van der Waals surface area contributed by atoms with Crippen LogP contribution in [-0.4, -0.2) is 20.1 Å². The van der Waals surface area contributed by atoms with Gasteiger partial charge in [-0.15, -0.1) is 5.10 Å². The highest BCUT2D eigenvalue weighted by Crippen LogP contribution is 2.20. The number of amides is 1. The number of hydrogen-bond acceptors (Lipinski definition) is 3. The Bertz CT molecular complexity index is 998. The Balaban J connectivity index is 1.80. The topological polar surface area (TPSA) is 68.4 Å². The van der Waals surface area contributed by atoms with E-state index in [0.29, 0.717) is 11.2 Å². The van der Waals surface area contributed by atoms with E-state index in [9.17, 15) is 14.0 Å². The van der Waals surface area contributed by atoms with Gasteiger partial charge in [0.05, 0.1) is 11.1 Å². The molecule has 0 unspecified atom stereocenters. The largest absolute Gasteiger partial charge is 0.351 e. The fraction of sp³-hybridized carbons (Fsp3) is 0.235. The highest BCUT2D eigenvalue weighted by molar-refractivity contribution is 6.30. The molecule has 0 radical (unpaired) electrons. The molecule has 8 heteroatoms. The Morgan fingerprint density at radius 1 is 1.28 bits per heavy atom. The molecular formula is C17H16ClFN4O2. The summed E-state index contributed by atoms with van der Waals surface area (Å²) in [5.74, 6) is -0.946. The second-order valence-corrected chi connectivity index (χ2v) is 6.14. The van der Waals surface area contributed by atoms with Crippen LogP contribution in [0.25, 0.3) is 5.65 Å². The van der Waals surface area contributed by atoms with E-state index >= 15 is 0 Å². The third kappa shape index (κ3) is 3.28. The number of benzene rings is 1. The highest BCUT2D eigenvalue weighted by Gasteiger charge is 2.22. The molecule has 0 aliphatic rings. The molecule has 2 atom stereocenters. The first kappa shape index (κ1) is 17.2. The summed E-state index contributed by atoms with van der Waals surface area (Å²) in [5.41, 5.74) is 0.633. The van der Waals surface area contributed by atoms with Gasteiger partial charge in [-0.2, -0.15) is 0 Å². The van der Waals surface area contributed by atoms with Crippen molar-refractivity contribution in [2.45, 2.75) is 25.9 Å². The van der Waals surface area contributed by atoms with E-state index in [0.717, 1.165) is 4.68 Å². The third-order valence-electron chi connectivity index (χ3n) is 4.00. The maximum Gasteiger partial charge on any atom is 0.351 e. The molecule has 1 N–H and O–H groups in total. The maximum absolute atomic E-state index is 13.6. The number of hydrogen-bond donors (Lipinski definition) is 1. The zero-order chi connectivity index (χ0) is 18.1.